The fourth-order valence-electron chi connectivity index (χ4n) is 10.0. The lowest BCUT2D eigenvalue weighted by Crippen LogP contribution is -2.49. The smallest absolute Gasteiger partial charge is 0.0781 e. The van der Waals surface area contributed by atoms with Gasteiger partial charge in [0.1, 0.15) is 0 Å². The molecule has 6 fully saturated rings. The molecule has 5 saturated carbocycles. The van der Waals surface area contributed by atoms with E-state index in [1.165, 1.54) is 122 Å². The van der Waals surface area contributed by atoms with Gasteiger partial charge in [0, 0.05) is 0 Å². The standard InChI is InChI=1S/C30H52O2.C3H6O/c31-28-16-14-24(20-26(28)22-10-4-1-5-11-22)30(18-8-3-9-19-30)25-15-17-29(32)27(21-25)23-12-6-2-7-13-23;1-3-2-4-3/h22-29,31-32H,1-21H2;3H,2H2,1H3. The molecule has 1 heterocycles. The Bertz CT molecular complexity index is 597. The number of ether oxygens (including phenoxy) is 1. The molecular weight excluding hydrogens is 444 g/mol. The molecule has 0 aromatic carbocycles. The van der Waals surface area contributed by atoms with Gasteiger partial charge in [-0.05, 0) is 99.2 Å². The predicted molar refractivity (Wildman–Crippen MR) is 148 cm³/mol. The van der Waals surface area contributed by atoms with Crippen molar-refractivity contribution in [1.29, 1.82) is 0 Å². The summed E-state index contributed by atoms with van der Waals surface area (Å²) in [6.07, 6.45) is 29.0. The van der Waals surface area contributed by atoms with Gasteiger partial charge in [0.15, 0.2) is 0 Å². The van der Waals surface area contributed by atoms with E-state index in [0.717, 1.165) is 43.1 Å². The highest BCUT2D eigenvalue weighted by molar-refractivity contribution is 5.01. The summed E-state index contributed by atoms with van der Waals surface area (Å²) >= 11 is 0. The van der Waals surface area contributed by atoms with Crippen molar-refractivity contribution in [3.8, 4) is 0 Å². The molecule has 3 nitrogen and oxygen atoms in total. The molecule has 0 aromatic rings. The lowest BCUT2D eigenvalue weighted by atomic mass is 9.50. The van der Waals surface area contributed by atoms with E-state index < -0.39 is 0 Å². The van der Waals surface area contributed by atoms with Gasteiger partial charge in [-0.15, -0.1) is 0 Å². The summed E-state index contributed by atoms with van der Waals surface area (Å²) in [7, 11) is 0. The van der Waals surface area contributed by atoms with Gasteiger partial charge >= 0.3 is 0 Å². The van der Waals surface area contributed by atoms with Crippen molar-refractivity contribution in [3.05, 3.63) is 0 Å². The monoisotopic (exact) mass is 502 g/mol. The van der Waals surface area contributed by atoms with Crippen molar-refractivity contribution in [2.75, 3.05) is 6.61 Å². The van der Waals surface area contributed by atoms with Crippen molar-refractivity contribution in [2.45, 2.75) is 160 Å². The molecule has 36 heavy (non-hydrogen) atoms. The molecule has 7 atom stereocenters. The Morgan fingerprint density at radius 2 is 0.944 bits per heavy atom. The second kappa shape index (κ2) is 12.8. The van der Waals surface area contributed by atoms with Crippen LogP contribution in [0.5, 0.6) is 0 Å². The fraction of sp³-hybridized carbons (Fsp3) is 1.00. The molecule has 7 unspecified atom stereocenters. The lowest BCUT2D eigenvalue weighted by molar-refractivity contribution is -0.0926. The molecule has 1 aliphatic heterocycles. The predicted octanol–water partition coefficient (Wildman–Crippen LogP) is 8.06. The quantitative estimate of drug-likeness (QED) is 0.382. The molecule has 5 aliphatic carbocycles. The molecule has 2 N–H and O–H groups in total. The van der Waals surface area contributed by atoms with E-state index in [1.807, 2.05) is 0 Å². The first-order valence-electron chi connectivity index (χ1n) is 16.5. The summed E-state index contributed by atoms with van der Waals surface area (Å²) < 4.78 is 4.71. The first-order chi connectivity index (χ1) is 17.6. The molecule has 0 amide bonds. The van der Waals surface area contributed by atoms with E-state index >= 15 is 0 Å². The highest BCUT2D eigenvalue weighted by Crippen LogP contribution is 2.59. The van der Waals surface area contributed by atoms with Gasteiger partial charge in [-0.2, -0.15) is 0 Å². The van der Waals surface area contributed by atoms with Crippen LogP contribution in [0.3, 0.4) is 0 Å². The van der Waals surface area contributed by atoms with Crippen molar-refractivity contribution >= 4 is 0 Å². The Morgan fingerprint density at radius 1 is 0.556 bits per heavy atom. The van der Waals surface area contributed by atoms with Gasteiger partial charge in [-0.3, -0.25) is 0 Å². The molecule has 1 saturated heterocycles. The van der Waals surface area contributed by atoms with E-state index in [1.54, 1.807) is 0 Å². The maximum absolute atomic E-state index is 11.0. The van der Waals surface area contributed by atoms with Gasteiger partial charge in [0.05, 0.1) is 24.9 Å². The number of aliphatic hydroxyl groups excluding tert-OH is 2. The van der Waals surface area contributed by atoms with E-state index in [9.17, 15) is 10.2 Å². The Morgan fingerprint density at radius 3 is 1.33 bits per heavy atom. The van der Waals surface area contributed by atoms with Crippen LogP contribution in [0.2, 0.25) is 0 Å². The summed E-state index contributed by atoms with van der Waals surface area (Å²) in [4.78, 5) is 0. The Balaban J connectivity index is 0.000000608. The first kappa shape index (κ1) is 27.4. The van der Waals surface area contributed by atoms with E-state index in [2.05, 4.69) is 6.92 Å². The van der Waals surface area contributed by atoms with E-state index in [0.29, 0.717) is 23.4 Å². The van der Waals surface area contributed by atoms with Gasteiger partial charge in [0.25, 0.3) is 0 Å². The third-order valence-corrected chi connectivity index (χ3v) is 12.1. The van der Waals surface area contributed by atoms with Gasteiger partial charge in [0.2, 0.25) is 0 Å². The molecule has 0 aromatic heterocycles. The van der Waals surface area contributed by atoms with Gasteiger partial charge < -0.3 is 14.9 Å². The molecular formula is C33H58O3. The zero-order valence-corrected chi connectivity index (χ0v) is 23.6. The van der Waals surface area contributed by atoms with Gasteiger partial charge in [-0.1, -0.05) is 83.5 Å². The second-order valence-electron chi connectivity index (χ2n) is 14.2. The summed E-state index contributed by atoms with van der Waals surface area (Å²) in [5, 5.41) is 22.1. The minimum absolute atomic E-state index is 0.0295. The largest absolute Gasteiger partial charge is 0.393 e. The molecule has 6 rings (SSSR count). The SMILES string of the molecule is CC1CO1.OC1CCC(C2(C3CCC(O)C(C4CCCCC4)C3)CCCCC2)CC1C1CCCCC1. The van der Waals surface area contributed by atoms with E-state index in [4.69, 9.17) is 4.74 Å². The maximum Gasteiger partial charge on any atom is 0.0781 e. The molecule has 0 spiro atoms. The zero-order valence-electron chi connectivity index (χ0n) is 23.6. The number of epoxide rings is 1. The third kappa shape index (κ3) is 6.53. The third-order valence-electron chi connectivity index (χ3n) is 12.1. The van der Waals surface area contributed by atoms with Crippen molar-refractivity contribution < 1.29 is 14.9 Å². The molecule has 0 bridgehead atoms. The number of hydrogen-bond donors (Lipinski definition) is 2. The highest BCUT2D eigenvalue weighted by atomic mass is 16.6. The summed E-state index contributed by atoms with van der Waals surface area (Å²) in [6.45, 7) is 3.04. The van der Waals surface area contributed by atoms with Gasteiger partial charge in [-0.25, -0.2) is 0 Å². The highest BCUT2D eigenvalue weighted by Gasteiger charge is 2.51. The van der Waals surface area contributed by atoms with Crippen LogP contribution in [0.15, 0.2) is 0 Å². The normalized spacial score (nSPS) is 42.2. The second-order valence-corrected chi connectivity index (χ2v) is 14.2. The lowest BCUT2D eigenvalue weighted by Gasteiger charge is -2.56. The molecule has 3 heteroatoms. The molecule has 0 radical (unpaired) electrons. The average molecular weight is 503 g/mol. The minimum atomic E-state index is -0.0295. The van der Waals surface area contributed by atoms with Crippen LogP contribution in [0.1, 0.15) is 142 Å². The topological polar surface area (TPSA) is 53.0 Å². The Kier molecular flexibility index (Phi) is 9.78. The number of hydrogen-bond acceptors (Lipinski definition) is 3. The number of rotatable bonds is 4. The van der Waals surface area contributed by atoms with Crippen molar-refractivity contribution in [1.82, 2.24) is 0 Å². The average Bonchev–Trinajstić information content (AvgIpc) is 3.73. The van der Waals surface area contributed by atoms with Crippen molar-refractivity contribution in [3.63, 3.8) is 0 Å². The molecule has 208 valence electrons. The van der Waals surface area contributed by atoms with Crippen LogP contribution in [-0.4, -0.2) is 35.1 Å². The maximum atomic E-state index is 11.0. The van der Waals surface area contributed by atoms with Crippen molar-refractivity contribution in [2.24, 2.45) is 40.9 Å². The zero-order chi connectivity index (χ0) is 25.0. The first-order valence-corrected chi connectivity index (χ1v) is 16.5. The summed E-state index contributed by atoms with van der Waals surface area (Å²) in [5.41, 5.74) is 0.526. The minimum Gasteiger partial charge on any atom is -0.393 e. The Hall–Kier alpha value is -0.120. The number of aliphatic hydroxyl groups is 2. The van der Waals surface area contributed by atoms with Crippen LogP contribution in [-0.2, 0) is 4.74 Å². The fourth-order valence-corrected chi connectivity index (χ4v) is 10.0. The van der Waals surface area contributed by atoms with E-state index in [-0.39, 0.29) is 12.2 Å². The van der Waals surface area contributed by atoms with Crippen LogP contribution in [0, 0.1) is 40.9 Å². The molecule has 6 aliphatic rings. The van der Waals surface area contributed by atoms with Crippen LogP contribution < -0.4 is 0 Å². The van der Waals surface area contributed by atoms with Crippen LogP contribution in [0.4, 0.5) is 0 Å². The van der Waals surface area contributed by atoms with Crippen LogP contribution in [0.25, 0.3) is 0 Å². The Labute approximate surface area is 222 Å². The summed E-state index contributed by atoms with van der Waals surface area (Å²) in [6, 6.07) is 0. The van der Waals surface area contributed by atoms with Crippen LogP contribution >= 0.6 is 0 Å². The summed E-state index contributed by atoms with van der Waals surface area (Å²) in [5.74, 6) is 4.43.